The van der Waals surface area contributed by atoms with Crippen LogP contribution in [0.5, 0.6) is 5.75 Å². The van der Waals surface area contributed by atoms with Crippen LogP contribution in [0.3, 0.4) is 0 Å². The Morgan fingerprint density at radius 2 is 1.87 bits per heavy atom. The molecule has 0 saturated carbocycles. The Hall–Kier alpha value is -3.59. The summed E-state index contributed by atoms with van der Waals surface area (Å²) in [5, 5.41) is 7.37. The van der Waals surface area contributed by atoms with Crippen LogP contribution in [-0.4, -0.2) is 36.5 Å². The number of rotatable bonds is 7. The fourth-order valence-electron chi connectivity index (χ4n) is 3.17. The average Bonchev–Trinajstić information content (AvgIpc) is 3.26. The maximum absolute atomic E-state index is 14.1. The SMILES string of the molecule is COc1ccc(F)c(S(=O)(=O)c2ccc(CCC(=O)c3cnc4[nH]ncc4c3)cc2)c1. The average molecular weight is 439 g/mol. The molecule has 0 aliphatic heterocycles. The van der Waals surface area contributed by atoms with E-state index in [0.717, 1.165) is 23.1 Å². The number of nitrogens with one attached hydrogen (secondary N) is 1. The number of fused-ring (bicyclic) bond motifs is 1. The van der Waals surface area contributed by atoms with Gasteiger partial charge in [-0.05, 0) is 42.3 Å². The summed E-state index contributed by atoms with van der Waals surface area (Å²) in [5.41, 5.74) is 1.89. The third-order valence-corrected chi connectivity index (χ3v) is 6.70. The highest BCUT2D eigenvalue weighted by Gasteiger charge is 2.22. The number of carbonyl (C=O) groups excluding carboxylic acids is 1. The molecule has 0 atom stereocenters. The molecule has 0 aliphatic rings. The van der Waals surface area contributed by atoms with Gasteiger partial charge in [0.15, 0.2) is 11.4 Å². The summed E-state index contributed by atoms with van der Waals surface area (Å²) >= 11 is 0. The maximum atomic E-state index is 14.1. The first kappa shape index (κ1) is 20.7. The van der Waals surface area contributed by atoms with Gasteiger partial charge in [-0.25, -0.2) is 17.8 Å². The first-order valence-electron chi connectivity index (χ1n) is 9.38. The van der Waals surface area contributed by atoms with E-state index in [1.54, 1.807) is 24.4 Å². The largest absolute Gasteiger partial charge is 0.497 e. The Morgan fingerprint density at radius 3 is 2.61 bits per heavy atom. The number of aromatic amines is 1. The molecule has 0 unspecified atom stereocenters. The second kappa shape index (κ2) is 8.27. The van der Waals surface area contributed by atoms with Crippen molar-refractivity contribution in [3.63, 3.8) is 0 Å². The first-order valence-corrected chi connectivity index (χ1v) is 10.9. The summed E-state index contributed by atoms with van der Waals surface area (Å²) in [5.74, 6) is -0.678. The number of pyridine rings is 1. The Kier molecular flexibility index (Phi) is 5.51. The van der Waals surface area contributed by atoms with Crippen molar-refractivity contribution < 1.29 is 22.3 Å². The number of sulfone groups is 1. The van der Waals surface area contributed by atoms with E-state index in [9.17, 15) is 17.6 Å². The zero-order valence-corrected chi connectivity index (χ0v) is 17.3. The number of H-pyrrole nitrogens is 1. The van der Waals surface area contributed by atoms with Crippen LogP contribution in [-0.2, 0) is 16.3 Å². The van der Waals surface area contributed by atoms with Crippen LogP contribution in [0.4, 0.5) is 4.39 Å². The number of aryl methyl sites for hydroxylation is 1. The lowest BCUT2D eigenvalue weighted by Crippen LogP contribution is -2.06. The molecule has 4 rings (SSSR count). The third kappa shape index (κ3) is 4.17. The van der Waals surface area contributed by atoms with Crippen molar-refractivity contribution >= 4 is 26.7 Å². The number of hydrogen-bond donors (Lipinski definition) is 1. The topological polar surface area (TPSA) is 102 Å². The van der Waals surface area contributed by atoms with Gasteiger partial charge in [0.2, 0.25) is 9.84 Å². The van der Waals surface area contributed by atoms with Crippen LogP contribution in [0.1, 0.15) is 22.3 Å². The minimum Gasteiger partial charge on any atom is -0.497 e. The van der Waals surface area contributed by atoms with Crippen molar-refractivity contribution in [2.75, 3.05) is 7.11 Å². The summed E-state index contributed by atoms with van der Waals surface area (Å²) in [7, 11) is -2.67. The third-order valence-electron chi connectivity index (χ3n) is 4.92. The second-order valence-electron chi connectivity index (χ2n) is 6.90. The number of nitrogens with zero attached hydrogens (tertiary/aromatic N) is 2. The Labute approximate surface area is 177 Å². The van der Waals surface area contributed by atoms with Crippen LogP contribution < -0.4 is 4.74 Å². The number of benzene rings is 2. The van der Waals surface area contributed by atoms with Crippen LogP contribution >= 0.6 is 0 Å². The molecule has 0 radical (unpaired) electrons. The lowest BCUT2D eigenvalue weighted by atomic mass is 10.0. The van der Waals surface area contributed by atoms with Gasteiger partial charge in [-0.1, -0.05) is 12.1 Å². The van der Waals surface area contributed by atoms with Crippen molar-refractivity contribution in [2.24, 2.45) is 0 Å². The van der Waals surface area contributed by atoms with E-state index in [2.05, 4.69) is 15.2 Å². The van der Waals surface area contributed by atoms with Crippen molar-refractivity contribution in [3.05, 3.63) is 77.9 Å². The van der Waals surface area contributed by atoms with E-state index in [1.165, 1.54) is 31.5 Å². The molecule has 0 aliphatic carbocycles. The molecule has 4 aromatic rings. The normalized spacial score (nSPS) is 11.5. The zero-order chi connectivity index (χ0) is 22.0. The molecule has 0 saturated heterocycles. The predicted molar refractivity (Wildman–Crippen MR) is 111 cm³/mol. The van der Waals surface area contributed by atoms with Crippen LogP contribution in [0, 0.1) is 5.82 Å². The highest BCUT2D eigenvalue weighted by atomic mass is 32.2. The summed E-state index contributed by atoms with van der Waals surface area (Å²) in [4.78, 5) is 16.1. The number of Topliss-reactive ketones (excluding diaryl/α,β-unsaturated/α-hetero) is 1. The summed E-state index contributed by atoms with van der Waals surface area (Å²) in [6.45, 7) is 0. The minimum absolute atomic E-state index is 0.0376. The number of methoxy groups -OCH3 is 1. The Balaban J connectivity index is 1.48. The van der Waals surface area contributed by atoms with Gasteiger partial charge in [0.05, 0.1) is 18.2 Å². The smallest absolute Gasteiger partial charge is 0.209 e. The van der Waals surface area contributed by atoms with Gasteiger partial charge < -0.3 is 4.74 Å². The summed E-state index contributed by atoms with van der Waals surface area (Å²) in [6, 6.07) is 11.4. The van der Waals surface area contributed by atoms with Gasteiger partial charge in [0, 0.05) is 29.6 Å². The van der Waals surface area contributed by atoms with Gasteiger partial charge in [-0.3, -0.25) is 9.89 Å². The van der Waals surface area contributed by atoms with Gasteiger partial charge in [-0.2, -0.15) is 5.10 Å². The highest BCUT2D eigenvalue weighted by Crippen LogP contribution is 2.27. The fraction of sp³-hybridized carbons (Fsp3) is 0.136. The molecule has 1 N–H and O–H groups in total. The van der Waals surface area contributed by atoms with Crippen molar-refractivity contribution in [1.82, 2.24) is 15.2 Å². The molecule has 2 aromatic carbocycles. The van der Waals surface area contributed by atoms with Gasteiger partial charge >= 0.3 is 0 Å². The molecule has 9 heteroatoms. The zero-order valence-electron chi connectivity index (χ0n) is 16.5. The molecule has 0 spiro atoms. The fourth-order valence-corrected chi connectivity index (χ4v) is 4.51. The van der Waals surface area contributed by atoms with E-state index in [-0.39, 0.29) is 22.8 Å². The molecule has 2 heterocycles. The lowest BCUT2D eigenvalue weighted by molar-refractivity contribution is 0.0982. The highest BCUT2D eigenvalue weighted by molar-refractivity contribution is 7.91. The maximum Gasteiger partial charge on any atom is 0.209 e. The van der Waals surface area contributed by atoms with E-state index >= 15 is 0 Å². The minimum atomic E-state index is -4.05. The van der Waals surface area contributed by atoms with Crippen molar-refractivity contribution in [1.29, 1.82) is 0 Å². The molecular formula is C22H18FN3O4S. The van der Waals surface area contributed by atoms with Crippen LogP contribution in [0.15, 0.2) is 70.7 Å². The summed E-state index contributed by atoms with van der Waals surface area (Å²) < 4.78 is 44.7. The number of ether oxygens (including phenoxy) is 1. The number of carbonyl (C=O) groups is 1. The number of ketones is 1. The molecule has 7 nitrogen and oxygen atoms in total. The van der Waals surface area contributed by atoms with E-state index in [1.807, 2.05) is 0 Å². The van der Waals surface area contributed by atoms with Crippen molar-refractivity contribution in [3.8, 4) is 5.75 Å². The second-order valence-corrected chi connectivity index (χ2v) is 8.82. The molecule has 2 aromatic heterocycles. The van der Waals surface area contributed by atoms with Gasteiger partial charge in [0.25, 0.3) is 0 Å². The summed E-state index contributed by atoms with van der Waals surface area (Å²) in [6.07, 6.45) is 3.77. The first-order chi connectivity index (χ1) is 14.9. The Bertz CT molecular complexity index is 1370. The molecular weight excluding hydrogens is 421 g/mol. The van der Waals surface area contributed by atoms with E-state index in [4.69, 9.17) is 4.74 Å². The number of halogens is 1. The standard InChI is InChI=1S/C22H18FN3O4S/c1-30-17-5-8-19(23)21(11-17)31(28,29)18-6-2-14(3-7-18)4-9-20(27)15-10-16-13-25-26-22(16)24-12-15/h2-3,5-8,10-13H,4,9H2,1H3,(H,24,25,26). The Morgan fingerprint density at radius 1 is 1.10 bits per heavy atom. The van der Waals surface area contributed by atoms with Gasteiger partial charge in [0.1, 0.15) is 16.5 Å². The van der Waals surface area contributed by atoms with E-state index < -0.39 is 20.5 Å². The van der Waals surface area contributed by atoms with E-state index in [0.29, 0.717) is 17.6 Å². The number of hydrogen-bond acceptors (Lipinski definition) is 6. The van der Waals surface area contributed by atoms with Crippen molar-refractivity contribution in [2.45, 2.75) is 22.6 Å². The monoisotopic (exact) mass is 439 g/mol. The molecule has 31 heavy (non-hydrogen) atoms. The molecule has 0 bridgehead atoms. The predicted octanol–water partition coefficient (Wildman–Crippen LogP) is 3.75. The van der Waals surface area contributed by atoms with Crippen LogP contribution in [0.25, 0.3) is 11.0 Å². The molecule has 0 fully saturated rings. The van der Waals surface area contributed by atoms with Gasteiger partial charge in [-0.15, -0.1) is 0 Å². The quantitative estimate of drug-likeness (QED) is 0.440. The lowest BCUT2D eigenvalue weighted by Gasteiger charge is -2.09. The molecule has 158 valence electrons. The van der Waals surface area contributed by atoms with Crippen LogP contribution in [0.2, 0.25) is 0 Å². The molecule has 0 amide bonds. The number of aromatic nitrogens is 3.